The molecule has 0 unspecified atom stereocenters. The predicted molar refractivity (Wildman–Crippen MR) is 101 cm³/mol. The third-order valence-electron chi connectivity index (χ3n) is 3.87. The van der Waals surface area contributed by atoms with Gasteiger partial charge in [-0.2, -0.15) is 0 Å². The van der Waals surface area contributed by atoms with Gasteiger partial charge in [-0.25, -0.2) is 19.2 Å². The number of rotatable bonds is 6. The van der Waals surface area contributed by atoms with Crippen LogP contribution < -0.4 is 10.6 Å². The van der Waals surface area contributed by atoms with Gasteiger partial charge in [-0.1, -0.05) is 24.3 Å². The number of halogens is 1. The first-order valence-electron chi connectivity index (χ1n) is 8.36. The number of anilines is 2. The number of hydrogen-bond donors (Lipinski definition) is 2. The molecule has 0 fully saturated rings. The van der Waals surface area contributed by atoms with Crippen molar-refractivity contribution in [3.63, 3.8) is 0 Å². The highest BCUT2D eigenvalue weighted by Gasteiger charge is 2.15. The number of amides is 1. The molecule has 1 aromatic heterocycles. The zero-order valence-electron chi connectivity index (χ0n) is 15.0. The quantitative estimate of drug-likeness (QED) is 0.638. The number of nitrogens with one attached hydrogen (secondary N) is 2. The lowest BCUT2D eigenvalue weighted by Gasteiger charge is -2.10. The van der Waals surface area contributed by atoms with E-state index in [1.54, 1.807) is 36.4 Å². The van der Waals surface area contributed by atoms with Crippen molar-refractivity contribution in [3.8, 4) is 0 Å². The summed E-state index contributed by atoms with van der Waals surface area (Å²) in [6, 6.07) is 14.0. The van der Waals surface area contributed by atoms with Crippen LogP contribution in [0.4, 0.5) is 15.9 Å². The summed E-state index contributed by atoms with van der Waals surface area (Å²) in [4.78, 5) is 32.4. The molecule has 0 aliphatic rings. The summed E-state index contributed by atoms with van der Waals surface area (Å²) in [7, 11) is 1.27. The van der Waals surface area contributed by atoms with E-state index in [0.29, 0.717) is 18.1 Å². The smallest absolute Gasteiger partial charge is 0.339 e. The lowest BCUT2D eigenvalue weighted by atomic mass is 10.1. The van der Waals surface area contributed by atoms with Gasteiger partial charge in [0.15, 0.2) is 0 Å². The molecule has 0 bridgehead atoms. The molecule has 2 aromatic carbocycles. The number of para-hydroxylation sites is 1. The zero-order chi connectivity index (χ0) is 19.9. The number of aromatic nitrogens is 2. The van der Waals surface area contributed by atoms with Crippen molar-refractivity contribution in [1.29, 1.82) is 0 Å². The van der Waals surface area contributed by atoms with E-state index >= 15 is 0 Å². The Labute approximate surface area is 160 Å². The van der Waals surface area contributed by atoms with E-state index in [9.17, 15) is 14.0 Å². The van der Waals surface area contributed by atoms with Crippen molar-refractivity contribution >= 4 is 23.4 Å². The molecule has 142 valence electrons. The fourth-order valence-electron chi connectivity index (χ4n) is 2.44. The van der Waals surface area contributed by atoms with Gasteiger partial charge in [-0.05, 0) is 29.8 Å². The topological polar surface area (TPSA) is 93.2 Å². The molecule has 3 aromatic rings. The molecular formula is C20H17FN4O3. The van der Waals surface area contributed by atoms with E-state index in [2.05, 4.69) is 20.6 Å². The first-order valence-corrected chi connectivity index (χ1v) is 8.36. The van der Waals surface area contributed by atoms with Crippen LogP contribution in [0, 0.1) is 5.82 Å². The van der Waals surface area contributed by atoms with E-state index in [-0.39, 0.29) is 17.1 Å². The van der Waals surface area contributed by atoms with Crippen LogP contribution >= 0.6 is 0 Å². The van der Waals surface area contributed by atoms with Crippen LogP contribution in [0.15, 0.2) is 60.9 Å². The maximum absolute atomic E-state index is 13.0. The Morgan fingerprint density at radius 1 is 1.07 bits per heavy atom. The minimum absolute atomic E-state index is 0.122. The van der Waals surface area contributed by atoms with E-state index in [4.69, 9.17) is 4.74 Å². The van der Waals surface area contributed by atoms with Crippen molar-refractivity contribution < 1.29 is 18.7 Å². The van der Waals surface area contributed by atoms with Gasteiger partial charge in [0.25, 0.3) is 5.91 Å². The molecule has 2 N–H and O–H groups in total. The van der Waals surface area contributed by atoms with Gasteiger partial charge in [0.2, 0.25) is 0 Å². The van der Waals surface area contributed by atoms with Crippen molar-refractivity contribution in [2.24, 2.45) is 0 Å². The van der Waals surface area contributed by atoms with Crippen LogP contribution in [0.5, 0.6) is 0 Å². The standard InChI is InChI=1S/C20H17FN4O3/c1-28-20(27)15-4-2-3-5-16(15)25-19(26)17-10-18(24-12-23-17)22-11-13-6-8-14(21)9-7-13/h2-10,12H,11H2,1H3,(H,25,26)(H,22,23,24). The molecule has 28 heavy (non-hydrogen) atoms. The first kappa shape index (κ1) is 19.0. The average Bonchev–Trinajstić information content (AvgIpc) is 2.73. The fraction of sp³-hybridized carbons (Fsp3) is 0.100. The van der Waals surface area contributed by atoms with Gasteiger partial charge in [-0.15, -0.1) is 0 Å². The Morgan fingerprint density at radius 3 is 2.57 bits per heavy atom. The predicted octanol–water partition coefficient (Wildman–Crippen LogP) is 3.27. The van der Waals surface area contributed by atoms with Crippen LogP contribution in [-0.4, -0.2) is 29.0 Å². The molecule has 1 amide bonds. The van der Waals surface area contributed by atoms with Gasteiger partial charge in [0.05, 0.1) is 18.4 Å². The third-order valence-corrected chi connectivity index (χ3v) is 3.87. The summed E-state index contributed by atoms with van der Waals surface area (Å²) >= 11 is 0. The Hall–Kier alpha value is -3.81. The van der Waals surface area contributed by atoms with Crippen molar-refractivity contribution in [1.82, 2.24) is 9.97 Å². The minimum atomic E-state index is -0.555. The van der Waals surface area contributed by atoms with Crippen molar-refractivity contribution in [2.45, 2.75) is 6.54 Å². The van der Waals surface area contributed by atoms with Gasteiger partial charge in [0, 0.05) is 12.6 Å². The van der Waals surface area contributed by atoms with Crippen LogP contribution in [0.25, 0.3) is 0 Å². The summed E-state index contributed by atoms with van der Waals surface area (Å²) in [6.45, 7) is 0.406. The SMILES string of the molecule is COC(=O)c1ccccc1NC(=O)c1cc(NCc2ccc(F)cc2)ncn1. The summed E-state index contributed by atoms with van der Waals surface area (Å²) in [5.41, 5.74) is 1.54. The van der Waals surface area contributed by atoms with Crippen LogP contribution in [-0.2, 0) is 11.3 Å². The minimum Gasteiger partial charge on any atom is -0.465 e. The van der Waals surface area contributed by atoms with E-state index in [1.807, 2.05) is 0 Å². The number of ether oxygens (including phenoxy) is 1. The second kappa shape index (κ2) is 8.72. The highest BCUT2D eigenvalue weighted by molar-refractivity contribution is 6.07. The maximum atomic E-state index is 13.0. The third kappa shape index (κ3) is 4.67. The van der Waals surface area contributed by atoms with Crippen LogP contribution in [0.1, 0.15) is 26.4 Å². The summed E-state index contributed by atoms with van der Waals surface area (Å²) in [5, 5.41) is 5.70. The number of nitrogens with zero attached hydrogens (tertiary/aromatic N) is 2. The van der Waals surface area contributed by atoms with Crippen molar-refractivity contribution in [2.75, 3.05) is 17.7 Å². The molecule has 0 spiro atoms. The lowest BCUT2D eigenvalue weighted by molar-refractivity contribution is 0.0602. The van der Waals surface area contributed by atoms with Crippen LogP contribution in [0.3, 0.4) is 0 Å². The molecule has 1 heterocycles. The number of carbonyl (C=O) groups is 2. The molecule has 0 aliphatic carbocycles. The number of carbonyl (C=O) groups excluding carboxylic acids is 2. The highest BCUT2D eigenvalue weighted by atomic mass is 19.1. The Kier molecular flexibility index (Phi) is 5.91. The monoisotopic (exact) mass is 380 g/mol. The molecular weight excluding hydrogens is 363 g/mol. The zero-order valence-corrected chi connectivity index (χ0v) is 15.0. The van der Waals surface area contributed by atoms with E-state index in [0.717, 1.165) is 5.56 Å². The van der Waals surface area contributed by atoms with E-state index < -0.39 is 11.9 Å². The number of benzene rings is 2. The molecule has 8 heteroatoms. The van der Waals surface area contributed by atoms with Crippen LogP contribution in [0.2, 0.25) is 0 Å². The molecule has 0 saturated heterocycles. The summed E-state index contributed by atoms with van der Waals surface area (Å²) in [5.74, 6) is -0.925. The maximum Gasteiger partial charge on any atom is 0.339 e. The molecule has 0 radical (unpaired) electrons. The Bertz CT molecular complexity index is 993. The average molecular weight is 380 g/mol. The Balaban J connectivity index is 1.70. The van der Waals surface area contributed by atoms with Gasteiger partial charge in [-0.3, -0.25) is 4.79 Å². The van der Waals surface area contributed by atoms with E-state index in [1.165, 1.54) is 31.6 Å². The number of methoxy groups -OCH3 is 1. The number of esters is 1. The fourth-order valence-corrected chi connectivity index (χ4v) is 2.44. The second-order valence-electron chi connectivity index (χ2n) is 5.76. The summed E-state index contributed by atoms with van der Waals surface area (Å²) in [6.07, 6.45) is 1.26. The molecule has 0 saturated carbocycles. The second-order valence-corrected chi connectivity index (χ2v) is 5.76. The molecule has 3 rings (SSSR count). The van der Waals surface area contributed by atoms with Crippen molar-refractivity contribution in [3.05, 3.63) is 83.6 Å². The number of hydrogen-bond acceptors (Lipinski definition) is 6. The largest absolute Gasteiger partial charge is 0.465 e. The summed E-state index contributed by atoms with van der Waals surface area (Å²) < 4.78 is 17.7. The first-order chi connectivity index (χ1) is 13.6. The molecule has 0 atom stereocenters. The van der Waals surface area contributed by atoms with Gasteiger partial charge < -0.3 is 15.4 Å². The highest BCUT2D eigenvalue weighted by Crippen LogP contribution is 2.17. The Morgan fingerprint density at radius 2 is 1.82 bits per heavy atom. The lowest BCUT2D eigenvalue weighted by Crippen LogP contribution is -2.17. The normalized spacial score (nSPS) is 10.2. The van der Waals surface area contributed by atoms with Gasteiger partial charge in [0.1, 0.15) is 23.7 Å². The molecule has 0 aliphatic heterocycles. The van der Waals surface area contributed by atoms with Gasteiger partial charge >= 0.3 is 5.97 Å². The molecule has 7 nitrogen and oxygen atoms in total.